The number of aromatic nitrogens is 2. The lowest BCUT2D eigenvalue weighted by atomic mass is 10.2. The van der Waals surface area contributed by atoms with Crippen molar-refractivity contribution in [2.24, 2.45) is 0 Å². The number of hydrogen-bond acceptors (Lipinski definition) is 6. The van der Waals surface area contributed by atoms with Crippen molar-refractivity contribution in [1.29, 1.82) is 0 Å². The van der Waals surface area contributed by atoms with Gasteiger partial charge in [0.15, 0.2) is 5.82 Å². The minimum atomic E-state index is -0.178. The summed E-state index contributed by atoms with van der Waals surface area (Å²) in [6.45, 7) is 6.63. The van der Waals surface area contributed by atoms with Gasteiger partial charge in [0.05, 0.1) is 13.0 Å². The number of rotatable bonds is 7. The van der Waals surface area contributed by atoms with Crippen LogP contribution in [0.25, 0.3) is 0 Å². The van der Waals surface area contributed by atoms with Crippen molar-refractivity contribution >= 4 is 5.97 Å². The summed E-state index contributed by atoms with van der Waals surface area (Å²) in [7, 11) is 0. The summed E-state index contributed by atoms with van der Waals surface area (Å²) < 4.78 is 9.72. The molecule has 17 heavy (non-hydrogen) atoms. The predicted octanol–water partition coefficient (Wildman–Crippen LogP) is 0.852. The van der Waals surface area contributed by atoms with Crippen LogP contribution < -0.4 is 5.32 Å². The highest BCUT2D eigenvalue weighted by Crippen LogP contribution is 1.97. The van der Waals surface area contributed by atoms with Gasteiger partial charge in [-0.15, -0.1) is 0 Å². The van der Waals surface area contributed by atoms with Crippen LogP contribution in [-0.2, 0) is 16.0 Å². The molecule has 6 nitrogen and oxygen atoms in total. The maximum atomic E-state index is 11.2. The molecule has 1 rings (SSSR count). The molecule has 0 spiro atoms. The summed E-state index contributed by atoms with van der Waals surface area (Å²) in [5.41, 5.74) is 0. The molecular formula is C11H19N3O3. The first-order valence-corrected chi connectivity index (χ1v) is 5.80. The van der Waals surface area contributed by atoms with Crippen LogP contribution in [-0.4, -0.2) is 35.3 Å². The van der Waals surface area contributed by atoms with Gasteiger partial charge in [-0.1, -0.05) is 5.16 Å². The Morgan fingerprint density at radius 2 is 2.35 bits per heavy atom. The van der Waals surface area contributed by atoms with Crippen molar-refractivity contribution in [3.8, 4) is 0 Å². The van der Waals surface area contributed by atoms with Crippen molar-refractivity contribution in [2.75, 3.05) is 13.2 Å². The molecule has 0 aromatic carbocycles. The summed E-state index contributed by atoms with van der Waals surface area (Å²) in [6.07, 6.45) is 1.06. The number of esters is 1. The maximum absolute atomic E-state index is 11.2. The lowest BCUT2D eigenvalue weighted by Gasteiger charge is -2.11. The third kappa shape index (κ3) is 5.44. The van der Waals surface area contributed by atoms with Gasteiger partial charge in [0.2, 0.25) is 5.89 Å². The Kier molecular flexibility index (Phi) is 5.62. The van der Waals surface area contributed by atoms with E-state index in [-0.39, 0.29) is 12.0 Å². The molecule has 1 aromatic rings. The fourth-order valence-corrected chi connectivity index (χ4v) is 1.42. The summed E-state index contributed by atoms with van der Waals surface area (Å²) in [5, 5.41) is 6.99. The zero-order chi connectivity index (χ0) is 12.7. The molecule has 0 bridgehead atoms. The van der Waals surface area contributed by atoms with Crippen molar-refractivity contribution in [1.82, 2.24) is 15.5 Å². The fourth-order valence-electron chi connectivity index (χ4n) is 1.42. The van der Waals surface area contributed by atoms with Crippen LogP contribution in [0.15, 0.2) is 4.52 Å². The molecule has 6 heteroatoms. The lowest BCUT2D eigenvalue weighted by molar-refractivity contribution is -0.143. The quantitative estimate of drug-likeness (QED) is 0.713. The molecular weight excluding hydrogens is 222 g/mol. The summed E-state index contributed by atoms with van der Waals surface area (Å²) in [5.74, 6) is 1.07. The Morgan fingerprint density at radius 3 is 2.94 bits per heavy atom. The van der Waals surface area contributed by atoms with Gasteiger partial charge in [0.25, 0.3) is 0 Å². The van der Waals surface area contributed by atoms with Gasteiger partial charge in [-0.2, -0.15) is 4.98 Å². The topological polar surface area (TPSA) is 77.2 Å². The molecule has 1 N–H and O–H groups in total. The van der Waals surface area contributed by atoms with Crippen molar-refractivity contribution in [3.63, 3.8) is 0 Å². The number of hydrogen-bond donors (Lipinski definition) is 1. The Balaban J connectivity index is 2.15. The number of carbonyl (C=O) groups excluding carboxylic acids is 1. The van der Waals surface area contributed by atoms with Gasteiger partial charge in [-0.25, -0.2) is 0 Å². The van der Waals surface area contributed by atoms with E-state index < -0.39 is 0 Å². The van der Waals surface area contributed by atoms with E-state index in [9.17, 15) is 4.79 Å². The first kappa shape index (κ1) is 13.6. The van der Waals surface area contributed by atoms with Crippen LogP contribution in [0.3, 0.4) is 0 Å². The van der Waals surface area contributed by atoms with Crippen LogP contribution in [0, 0.1) is 6.92 Å². The van der Waals surface area contributed by atoms with E-state index in [1.54, 1.807) is 13.8 Å². The van der Waals surface area contributed by atoms with Crippen molar-refractivity contribution in [2.45, 2.75) is 39.7 Å². The number of ether oxygens (including phenoxy) is 1. The second-order valence-electron chi connectivity index (χ2n) is 3.84. The van der Waals surface area contributed by atoms with Crippen LogP contribution in [0.5, 0.6) is 0 Å². The molecule has 0 amide bonds. The van der Waals surface area contributed by atoms with Crippen LogP contribution in [0.4, 0.5) is 0 Å². The van der Waals surface area contributed by atoms with Crippen molar-refractivity contribution in [3.05, 3.63) is 11.7 Å². The van der Waals surface area contributed by atoms with E-state index in [1.165, 1.54) is 0 Å². The fraction of sp³-hybridized carbons (Fsp3) is 0.727. The van der Waals surface area contributed by atoms with Gasteiger partial charge >= 0.3 is 5.97 Å². The van der Waals surface area contributed by atoms with Crippen LogP contribution in [0.1, 0.15) is 32.0 Å². The Hall–Kier alpha value is -1.43. The highest BCUT2D eigenvalue weighted by Gasteiger charge is 2.09. The average molecular weight is 241 g/mol. The van der Waals surface area contributed by atoms with Gasteiger partial charge in [-0.3, -0.25) is 4.79 Å². The average Bonchev–Trinajstić information content (AvgIpc) is 2.64. The SMILES string of the molecule is CCOC(=O)CC(C)NCCc1noc(C)n1. The monoisotopic (exact) mass is 241 g/mol. The summed E-state index contributed by atoms with van der Waals surface area (Å²) >= 11 is 0. The number of nitrogens with one attached hydrogen (secondary N) is 1. The zero-order valence-corrected chi connectivity index (χ0v) is 10.5. The van der Waals surface area contributed by atoms with E-state index in [2.05, 4.69) is 15.5 Å². The standard InChI is InChI=1S/C11H19N3O3/c1-4-16-11(15)7-8(2)12-6-5-10-13-9(3)17-14-10/h8,12H,4-7H2,1-3H3. The molecule has 0 aliphatic rings. The Bertz CT molecular complexity index is 351. The number of nitrogens with zero attached hydrogens (tertiary/aromatic N) is 2. The van der Waals surface area contributed by atoms with E-state index >= 15 is 0 Å². The third-order valence-corrected chi connectivity index (χ3v) is 2.19. The molecule has 1 heterocycles. The molecule has 1 unspecified atom stereocenters. The minimum absolute atomic E-state index is 0.0852. The van der Waals surface area contributed by atoms with Gasteiger partial charge in [-0.05, 0) is 13.8 Å². The molecule has 1 atom stereocenters. The summed E-state index contributed by atoms with van der Waals surface area (Å²) in [6, 6.07) is 0.0852. The first-order chi connectivity index (χ1) is 8.11. The number of aryl methyl sites for hydroxylation is 1. The molecule has 0 saturated heterocycles. The smallest absolute Gasteiger partial charge is 0.307 e. The molecule has 96 valence electrons. The minimum Gasteiger partial charge on any atom is -0.466 e. The second kappa shape index (κ2) is 7.01. The van der Waals surface area contributed by atoms with Gasteiger partial charge in [0, 0.05) is 25.9 Å². The highest BCUT2D eigenvalue weighted by atomic mass is 16.5. The number of carbonyl (C=O) groups is 1. The molecule has 0 radical (unpaired) electrons. The molecule has 0 aliphatic carbocycles. The molecule has 0 fully saturated rings. The highest BCUT2D eigenvalue weighted by molar-refractivity contribution is 5.69. The van der Waals surface area contributed by atoms with Gasteiger partial charge in [0.1, 0.15) is 0 Å². The summed E-state index contributed by atoms with van der Waals surface area (Å²) in [4.78, 5) is 15.3. The maximum Gasteiger partial charge on any atom is 0.307 e. The first-order valence-electron chi connectivity index (χ1n) is 5.80. The zero-order valence-electron chi connectivity index (χ0n) is 10.5. The van der Waals surface area contributed by atoms with E-state index in [1.807, 2.05) is 6.92 Å². The van der Waals surface area contributed by atoms with E-state index in [0.29, 0.717) is 37.7 Å². The van der Waals surface area contributed by atoms with Crippen LogP contribution >= 0.6 is 0 Å². The molecule has 0 aliphatic heterocycles. The Labute approximate surface area is 101 Å². The second-order valence-corrected chi connectivity index (χ2v) is 3.84. The Morgan fingerprint density at radius 1 is 1.59 bits per heavy atom. The largest absolute Gasteiger partial charge is 0.466 e. The predicted molar refractivity (Wildman–Crippen MR) is 61.5 cm³/mol. The van der Waals surface area contributed by atoms with Gasteiger partial charge < -0.3 is 14.6 Å². The third-order valence-electron chi connectivity index (χ3n) is 2.19. The van der Waals surface area contributed by atoms with E-state index in [4.69, 9.17) is 9.26 Å². The molecule has 0 saturated carbocycles. The molecule has 1 aromatic heterocycles. The van der Waals surface area contributed by atoms with Crippen LogP contribution in [0.2, 0.25) is 0 Å². The normalized spacial score (nSPS) is 12.4. The lowest BCUT2D eigenvalue weighted by Crippen LogP contribution is -2.31. The van der Waals surface area contributed by atoms with E-state index in [0.717, 1.165) is 0 Å². The van der Waals surface area contributed by atoms with Crippen molar-refractivity contribution < 1.29 is 14.1 Å².